The van der Waals surface area contributed by atoms with Crippen molar-refractivity contribution in [2.75, 3.05) is 5.32 Å². The normalized spacial score (nSPS) is 19.2. The fourth-order valence-electron chi connectivity index (χ4n) is 1.39. The minimum atomic E-state index is -0.823. The van der Waals surface area contributed by atoms with Gasteiger partial charge >= 0.3 is 5.97 Å². The maximum atomic E-state index is 10.6. The summed E-state index contributed by atoms with van der Waals surface area (Å²) < 4.78 is 0. The molecule has 0 radical (unpaired) electrons. The molecular formula is C10H9NO2S2. The highest BCUT2D eigenvalue weighted by Gasteiger charge is 2.25. The Kier molecular flexibility index (Phi) is 2.93. The quantitative estimate of drug-likeness (QED) is 0.776. The zero-order valence-corrected chi connectivity index (χ0v) is 9.40. The van der Waals surface area contributed by atoms with Crippen LogP contribution in [0.5, 0.6) is 0 Å². The number of hydrogen-bond donors (Lipinski definition) is 2. The molecule has 1 aromatic carbocycles. The van der Waals surface area contributed by atoms with Gasteiger partial charge in [-0.3, -0.25) is 4.79 Å². The van der Waals surface area contributed by atoms with Gasteiger partial charge in [0.2, 0.25) is 0 Å². The van der Waals surface area contributed by atoms with Crippen molar-refractivity contribution >= 4 is 40.6 Å². The lowest BCUT2D eigenvalue weighted by Gasteiger charge is -2.25. The first kappa shape index (κ1) is 10.4. The highest BCUT2D eigenvalue weighted by atomic mass is 32.2. The lowest BCUT2D eigenvalue weighted by Crippen LogP contribution is -2.29. The molecule has 2 rings (SSSR count). The molecule has 78 valence electrons. The van der Waals surface area contributed by atoms with Crippen LogP contribution in [0, 0.1) is 0 Å². The van der Waals surface area contributed by atoms with Crippen LogP contribution in [0.4, 0.5) is 5.69 Å². The summed E-state index contributed by atoms with van der Waals surface area (Å²) in [5, 5.41) is 11.6. The summed E-state index contributed by atoms with van der Waals surface area (Å²) in [6.07, 6.45) is 0.0604. The molecule has 1 atom stereocenters. The average Bonchev–Trinajstić information content (AvgIpc) is 2.18. The number of fused-ring (bicyclic) bond motifs is 1. The Bertz CT molecular complexity index is 420. The molecule has 0 bridgehead atoms. The largest absolute Gasteiger partial charge is 0.481 e. The monoisotopic (exact) mass is 239 g/mol. The minimum absolute atomic E-state index is 0.0604. The number of rotatable bonds is 2. The van der Waals surface area contributed by atoms with Crippen molar-refractivity contribution in [3.8, 4) is 0 Å². The van der Waals surface area contributed by atoms with Crippen LogP contribution < -0.4 is 5.32 Å². The SMILES string of the molecule is O=C(O)C[C@@H]1Sc2ccccc2NC1=S. The van der Waals surface area contributed by atoms with Gasteiger partial charge in [-0.2, -0.15) is 0 Å². The fraction of sp³-hybridized carbons (Fsp3) is 0.200. The van der Waals surface area contributed by atoms with Gasteiger partial charge in [0.15, 0.2) is 0 Å². The van der Waals surface area contributed by atoms with Crippen LogP contribution in [0.3, 0.4) is 0 Å². The number of anilines is 1. The molecule has 1 aromatic rings. The van der Waals surface area contributed by atoms with Crippen molar-refractivity contribution in [3.05, 3.63) is 24.3 Å². The van der Waals surface area contributed by atoms with Crippen molar-refractivity contribution in [2.24, 2.45) is 0 Å². The van der Waals surface area contributed by atoms with E-state index in [1.807, 2.05) is 24.3 Å². The Morgan fingerprint density at radius 3 is 3.00 bits per heavy atom. The number of aliphatic carboxylic acids is 1. The van der Waals surface area contributed by atoms with E-state index in [0.29, 0.717) is 4.99 Å². The molecule has 0 spiro atoms. The summed E-state index contributed by atoms with van der Waals surface area (Å²) in [7, 11) is 0. The van der Waals surface area contributed by atoms with Gasteiger partial charge < -0.3 is 10.4 Å². The molecule has 2 N–H and O–H groups in total. The number of carboxylic acids is 1. The third kappa shape index (κ3) is 2.30. The lowest BCUT2D eigenvalue weighted by atomic mass is 10.2. The summed E-state index contributed by atoms with van der Waals surface area (Å²) in [4.78, 5) is 12.3. The number of thiocarbonyl (C=S) groups is 1. The summed E-state index contributed by atoms with van der Waals surface area (Å²) >= 11 is 6.64. The molecule has 3 nitrogen and oxygen atoms in total. The molecule has 0 fully saturated rings. The Morgan fingerprint density at radius 2 is 2.27 bits per heavy atom. The number of carboxylic acid groups (broad SMARTS) is 1. The number of nitrogens with one attached hydrogen (secondary N) is 1. The maximum Gasteiger partial charge on any atom is 0.304 e. The number of para-hydroxylation sites is 1. The van der Waals surface area contributed by atoms with Crippen molar-refractivity contribution in [3.63, 3.8) is 0 Å². The topological polar surface area (TPSA) is 49.3 Å². The van der Waals surface area contributed by atoms with E-state index in [4.69, 9.17) is 17.3 Å². The molecule has 1 aliphatic heterocycles. The van der Waals surface area contributed by atoms with E-state index < -0.39 is 5.97 Å². The molecule has 1 aliphatic rings. The summed E-state index contributed by atoms with van der Waals surface area (Å²) in [6, 6.07) is 7.75. The molecule has 0 aromatic heterocycles. The van der Waals surface area contributed by atoms with Gasteiger partial charge in [-0.15, -0.1) is 11.8 Å². The zero-order chi connectivity index (χ0) is 10.8. The average molecular weight is 239 g/mol. The van der Waals surface area contributed by atoms with Gasteiger partial charge in [-0.05, 0) is 12.1 Å². The van der Waals surface area contributed by atoms with Crippen LogP contribution in [0.15, 0.2) is 29.2 Å². The number of thioether (sulfide) groups is 1. The van der Waals surface area contributed by atoms with Gasteiger partial charge in [0, 0.05) is 4.90 Å². The van der Waals surface area contributed by atoms with Gasteiger partial charge in [0.05, 0.1) is 22.3 Å². The van der Waals surface area contributed by atoms with E-state index in [1.165, 1.54) is 11.8 Å². The first-order chi connectivity index (χ1) is 7.16. The predicted molar refractivity (Wildman–Crippen MR) is 64.6 cm³/mol. The van der Waals surface area contributed by atoms with Crippen LogP contribution in [-0.2, 0) is 4.79 Å². The maximum absolute atomic E-state index is 10.6. The smallest absolute Gasteiger partial charge is 0.304 e. The van der Waals surface area contributed by atoms with E-state index >= 15 is 0 Å². The number of benzene rings is 1. The third-order valence-electron chi connectivity index (χ3n) is 2.07. The zero-order valence-electron chi connectivity index (χ0n) is 7.77. The van der Waals surface area contributed by atoms with E-state index in [0.717, 1.165) is 10.6 Å². The standard InChI is InChI=1S/C10H9NO2S2/c12-9(13)5-8-10(14)11-6-3-1-2-4-7(6)15-8/h1-4,8H,5H2,(H,11,14)(H,12,13)/t8-/m0/s1. The Balaban J connectivity index is 2.22. The lowest BCUT2D eigenvalue weighted by molar-refractivity contribution is -0.136. The molecule has 0 saturated heterocycles. The second-order valence-corrected chi connectivity index (χ2v) is 4.87. The Morgan fingerprint density at radius 1 is 1.53 bits per heavy atom. The Labute approximate surface area is 96.9 Å². The van der Waals surface area contributed by atoms with Crippen LogP contribution in [0.25, 0.3) is 0 Å². The summed E-state index contributed by atoms with van der Waals surface area (Å²) in [5.41, 5.74) is 0.967. The molecule has 1 heterocycles. The summed E-state index contributed by atoms with van der Waals surface area (Å²) in [6.45, 7) is 0. The molecule has 0 aliphatic carbocycles. The number of hydrogen-bond acceptors (Lipinski definition) is 3. The van der Waals surface area contributed by atoms with E-state index in [9.17, 15) is 4.79 Å². The highest BCUT2D eigenvalue weighted by Crippen LogP contribution is 2.36. The van der Waals surface area contributed by atoms with Gasteiger partial charge in [0.1, 0.15) is 0 Å². The van der Waals surface area contributed by atoms with E-state index in [-0.39, 0.29) is 11.7 Å². The van der Waals surface area contributed by atoms with Crippen LogP contribution in [0.2, 0.25) is 0 Å². The second kappa shape index (κ2) is 4.20. The van der Waals surface area contributed by atoms with E-state index in [2.05, 4.69) is 5.32 Å². The predicted octanol–water partition coefficient (Wildman–Crippen LogP) is 2.37. The van der Waals surface area contributed by atoms with Gasteiger partial charge in [-0.1, -0.05) is 24.4 Å². The molecule has 15 heavy (non-hydrogen) atoms. The van der Waals surface area contributed by atoms with Gasteiger partial charge in [0.25, 0.3) is 0 Å². The molecule has 0 unspecified atom stereocenters. The first-order valence-electron chi connectivity index (χ1n) is 4.45. The third-order valence-corrected chi connectivity index (χ3v) is 3.90. The fourth-order valence-corrected chi connectivity index (χ4v) is 2.82. The first-order valence-corrected chi connectivity index (χ1v) is 5.74. The Hall–Kier alpha value is -1.07. The molecule has 0 amide bonds. The van der Waals surface area contributed by atoms with Crippen LogP contribution >= 0.6 is 24.0 Å². The van der Waals surface area contributed by atoms with Gasteiger partial charge in [-0.25, -0.2) is 0 Å². The highest BCUT2D eigenvalue weighted by molar-refractivity contribution is 8.02. The van der Waals surface area contributed by atoms with Crippen molar-refractivity contribution in [1.82, 2.24) is 0 Å². The van der Waals surface area contributed by atoms with Crippen molar-refractivity contribution in [2.45, 2.75) is 16.6 Å². The van der Waals surface area contributed by atoms with Crippen molar-refractivity contribution < 1.29 is 9.90 Å². The molecular weight excluding hydrogens is 230 g/mol. The summed E-state index contributed by atoms with van der Waals surface area (Å²) in [5.74, 6) is -0.823. The van der Waals surface area contributed by atoms with E-state index in [1.54, 1.807) is 0 Å². The van der Waals surface area contributed by atoms with Crippen molar-refractivity contribution in [1.29, 1.82) is 0 Å². The van der Waals surface area contributed by atoms with Crippen LogP contribution in [-0.4, -0.2) is 21.3 Å². The molecule has 0 saturated carbocycles. The molecule has 5 heteroatoms. The minimum Gasteiger partial charge on any atom is -0.481 e. The second-order valence-electron chi connectivity index (χ2n) is 3.19. The number of carbonyl (C=O) groups is 1. The van der Waals surface area contributed by atoms with Crippen LogP contribution in [0.1, 0.15) is 6.42 Å².